The number of carbonyl (C=O) groups is 3. The van der Waals surface area contributed by atoms with Gasteiger partial charge >= 0.3 is 5.97 Å². The molecular weight excluding hydrogens is 442 g/mol. The summed E-state index contributed by atoms with van der Waals surface area (Å²) < 4.78 is 11.0. The third-order valence-electron chi connectivity index (χ3n) is 4.74. The van der Waals surface area contributed by atoms with Crippen LogP contribution in [0.2, 0.25) is 5.02 Å². The number of nitrogens with one attached hydrogen (secondary N) is 1. The first-order valence-electron chi connectivity index (χ1n) is 10.9. The highest BCUT2D eigenvalue weighted by Crippen LogP contribution is 2.28. The van der Waals surface area contributed by atoms with Gasteiger partial charge in [-0.25, -0.2) is 4.79 Å². The highest BCUT2D eigenvalue weighted by molar-refractivity contribution is 6.32. The molecule has 1 atom stereocenters. The molecule has 0 saturated carbocycles. The van der Waals surface area contributed by atoms with Crippen molar-refractivity contribution in [3.05, 3.63) is 64.2 Å². The number of carbonyl (C=O) groups excluding carboxylic acids is 3. The minimum atomic E-state index is -0.581. The summed E-state index contributed by atoms with van der Waals surface area (Å²) in [5.41, 5.74) is 1.11. The Bertz CT molecular complexity index is 993. The number of ketones is 1. The van der Waals surface area contributed by atoms with Crippen molar-refractivity contribution in [2.45, 2.75) is 59.2 Å². The summed E-state index contributed by atoms with van der Waals surface area (Å²) >= 11 is 6.26. The number of hydrogen-bond donors (Lipinski definition) is 1. The van der Waals surface area contributed by atoms with E-state index in [9.17, 15) is 14.4 Å². The van der Waals surface area contributed by atoms with E-state index in [1.165, 1.54) is 0 Å². The number of benzene rings is 2. The first-order chi connectivity index (χ1) is 15.4. The van der Waals surface area contributed by atoms with Gasteiger partial charge in [-0.15, -0.1) is 0 Å². The van der Waals surface area contributed by atoms with Gasteiger partial charge in [-0.3, -0.25) is 9.59 Å². The van der Waals surface area contributed by atoms with E-state index in [1.54, 1.807) is 49.5 Å². The van der Waals surface area contributed by atoms with Crippen molar-refractivity contribution in [1.29, 1.82) is 0 Å². The molecule has 0 fully saturated rings. The highest BCUT2D eigenvalue weighted by atomic mass is 35.5. The predicted molar refractivity (Wildman–Crippen MR) is 129 cm³/mol. The quantitative estimate of drug-likeness (QED) is 0.396. The van der Waals surface area contributed by atoms with Gasteiger partial charge in [0.05, 0.1) is 16.7 Å². The number of Topliss-reactive ketones (excluding diaryl/α,β-unsaturated/α-hetero) is 1. The van der Waals surface area contributed by atoms with Crippen molar-refractivity contribution in [3.8, 4) is 5.75 Å². The Morgan fingerprint density at radius 1 is 1.00 bits per heavy atom. The van der Waals surface area contributed by atoms with Gasteiger partial charge in [-0.2, -0.15) is 0 Å². The lowest BCUT2D eigenvalue weighted by atomic mass is 9.91. The second-order valence-electron chi connectivity index (χ2n) is 9.15. The van der Waals surface area contributed by atoms with E-state index >= 15 is 0 Å². The van der Waals surface area contributed by atoms with Crippen molar-refractivity contribution in [2.75, 3.05) is 7.05 Å². The monoisotopic (exact) mass is 473 g/mol. The summed E-state index contributed by atoms with van der Waals surface area (Å²) in [4.78, 5) is 37.6. The minimum Gasteiger partial charge on any atom is -0.489 e. The van der Waals surface area contributed by atoms with E-state index in [0.717, 1.165) is 5.56 Å². The van der Waals surface area contributed by atoms with Crippen LogP contribution in [0.3, 0.4) is 0 Å². The van der Waals surface area contributed by atoms with Gasteiger partial charge in [-0.05, 0) is 76.9 Å². The maximum atomic E-state index is 12.9. The van der Waals surface area contributed by atoms with Crippen LogP contribution in [-0.4, -0.2) is 36.4 Å². The molecule has 2 aromatic carbocycles. The molecule has 0 aliphatic heterocycles. The van der Waals surface area contributed by atoms with Gasteiger partial charge in [0, 0.05) is 24.9 Å². The Balaban J connectivity index is 2.12. The standard InChI is InChI=1S/C26H32ClNO5/c1-16(2)32-23-12-11-19(14-21(23)27)22(29)15-20(24(30)28-6)13-17-7-9-18(10-8-17)25(31)33-26(3,4)5/h7-12,14,16,20H,13,15H2,1-6H3,(H,28,30)/t20-/m1/s1. The maximum absolute atomic E-state index is 12.9. The number of esters is 1. The molecule has 0 heterocycles. The van der Waals surface area contributed by atoms with Crippen molar-refractivity contribution in [1.82, 2.24) is 5.32 Å². The highest BCUT2D eigenvalue weighted by Gasteiger charge is 2.23. The van der Waals surface area contributed by atoms with Crippen molar-refractivity contribution in [2.24, 2.45) is 5.92 Å². The molecule has 0 aliphatic carbocycles. The molecular formula is C26H32ClNO5. The molecule has 0 unspecified atom stereocenters. The van der Waals surface area contributed by atoms with Gasteiger partial charge in [0.2, 0.25) is 5.91 Å². The third kappa shape index (κ3) is 8.21. The normalized spacial score (nSPS) is 12.2. The van der Waals surface area contributed by atoms with Crippen LogP contribution in [0.5, 0.6) is 5.75 Å². The zero-order valence-corrected chi connectivity index (χ0v) is 20.8. The number of amides is 1. The fourth-order valence-corrected chi connectivity index (χ4v) is 3.45. The van der Waals surface area contributed by atoms with Crippen molar-refractivity contribution < 1.29 is 23.9 Å². The predicted octanol–water partition coefficient (Wildman–Crippen LogP) is 5.26. The fourth-order valence-electron chi connectivity index (χ4n) is 3.23. The van der Waals surface area contributed by atoms with Crippen LogP contribution in [0, 0.1) is 5.92 Å². The molecule has 0 spiro atoms. The van der Waals surface area contributed by atoms with Crippen LogP contribution in [0.25, 0.3) is 0 Å². The van der Waals surface area contributed by atoms with Gasteiger partial charge in [0.15, 0.2) is 5.78 Å². The molecule has 0 bridgehead atoms. The Labute approximate surface area is 200 Å². The lowest BCUT2D eigenvalue weighted by molar-refractivity contribution is -0.124. The maximum Gasteiger partial charge on any atom is 0.338 e. The lowest BCUT2D eigenvalue weighted by Gasteiger charge is -2.19. The third-order valence-corrected chi connectivity index (χ3v) is 5.03. The molecule has 0 aliphatic rings. The van der Waals surface area contributed by atoms with Crippen LogP contribution in [0.15, 0.2) is 42.5 Å². The van der Waals surface area contributed by atoms with Gasteiger partial charge in [0.1, 0.15) is 11.4 Å². The SMILES string of the molecule is CNC(=O)[C@@H](CC(=O)c1ccc(OC(C)C)c(Cl)c1)Cc1ccc(C(=O)OC(C)(C)C)cc1. The van der Waals surface area contributed by atoms with E-state index in [4.69, 9.17) is 21.1 Å². The molecule has 178 valence electrons. The molecule has 0 aromatic heterocycles. The molecule has 0 saturated heterocycles. The summed E-state index contributed by atoms with van der Waals surface area (Å²) in [6, 6.07) is 11.8. The number of halogens is 1. The van der Waals surface area contributed by atoms with E-state index in [1.807, 2.05) is 34.6 Å². The number of hydrogen-bond acceptors (Lipinski definition) is 5. The fraction of sp³-hybridized carbons (Fsp3) is 0.423. The second kappa shape index (κ2) is 11.3. The molecule has 1 amide bonds. The van der Waals surface area contributed by atoms with Crippen LogP contribution in [0.4, 0.5) is 0 Å². The molecule has 6 nitrogen and oxygen atoms in total. The van der Waals surface area contributed by atoms with E-state index in [0.29, 0.717) is 28.3 Å². The molecule has 33 heavy (non-hydrogen) atoms. The Morgan fingerprint density at radius 3 is 2.12 bits per heavy atom. The topological polar surface area (TPSA) is 81.7 Å². The Hall–Kier alpha value is -2.86. The largest absolute Gasteiger partial charge is 0.489 e. The van der Waals surface area contributed by atoms with Crippen molar-refractivity contribution >= 4 is 29.3 Å². The summed E-state index contributed by atoms with van der Waals surface area (Å²) in [7, 11) is 1.54. The Morgan fingerprint density at radius 2 is 1.61 bits per heavy atom. The molecule has 2 rings (SSSR count). The minimum absolute atomic E-state index is 0.0220. The van der Waals surface area contributed by atoms with Crippen LogP contribution >= 0.6 is 11.6 Å². The van der Waals surface area contributed by atoms with E-state index < -0.39 is 17.5 Å². The van der Waals surface area contributed by atoms with Gasteiger partial charge in [-0.1, -0.05) is 23.7 Å². The van der Waals surface area contributed by atoms with Crippen LogP contribution in [0.1, 0.15) is 67.3 Å². The first-order valence-corrected chi connectivity index (χ1v) is 11.3. The van der Waals surface area contributed by atoms with Crippen LogP contribution < -0.4 is 10.1 Å². The Kier molecular flexibility index (Phi) is 9.06. The lowest BCUT2D eigenvalue weighted by Crippen LogP contribution is -2.30. The summed E-state index contributed by atoms with van der Waals surface area (Å²) in [6.45, 7) is 9.21. The van der Waals surface area contributed by atoms with E-state index in [-0.39, 0.29) is 24.2 Å². The molecule has 7 heteroatoms. The second-order valence-corrected chi connectivity index (χ2v) is 9.56. The zero-order valence-electron chi connectivity index (χ0n) is 20.0. The van der Waals surface area contributed by atoms with Gasteiger partial charge in [0.25, 0.3) is 0 Å². The number of rotatable bonds is 9. The molecule has 0 radical (unpaired) electrons. The number of ether oxygens (including phenoxy) is 2. The van der Waals surface area contributed by atoms with Crippen LogP contribution in [-0.2, 0) is 16.0 Å². The molecule has 1 N–H and O–H groups in total. The van der Waals surface area contributed by atoms with E-state index in [2.05, 4.69) is 5.32 Å². The summed E-state index contributed by atoms with van der Waals surface area (Å²) in [5.74, 6) is -0.886. The van der Waals surface area contributed by atoms with Crippen molar-refractivity contribution in [3.63, 3.8) is 0 Å². The summed E-state index contributed by atoms with van der Waals surface area (Å²) in [5, 5.41) is 2.98. The average molecular weight is 474 g/mol. The zero-order chi connectivity index (χ0) is 24.8. The first kappa shape index (κ1) is 26.4. The average Bonchev–Trinajstić information content (AvgIpc) is 2.73. The molecule has 2 aromatic rings. The summed E-state index contributed by atoms with van der Waals surface area (Å²) in [6.07, 6.45) is 0.333. The smallest absolute Gasteiger partial charge is 0.338 e. The van der Waals surface area contributed by atoms with Gasteiger partial charge < -0.3 is 14.8 Å².